The van der Waals surface area contributed by atoms with E-state index in [1.165, 1.54) is 12.5 Å². The standard InChI is InChI=1S/C16H20N4O3/c1-22-16-17-9-13(10-18-16)11-19-4-2-5-20(7-6-19)15(21)14-3-8-23-12-14/h3,8-10,12H,2,4-7,11H2,1H3. The van der Waals surface area contributed by atoms with Gasteiger partial charge in [0, 0.05) is 50.7 Å². The first-order valence-electron chi connectivity index (χ1n) is 7.65. The molecule has 0 atom stereocenters. The van der Waals surface area contributed by atoms with Gasteiger partial charge in [0.15, 0.2) is 0 Å². The zero-order valence-electron chi connectivity index (χ0n) is 13.1. The Kier molecular flexibility index (Phi) is 4.87. The molecule has 2 aromatic rings. The van der Waals surface area contributed by atoms with Crippen molar-refractivity contribution in [3.63, 3.8) is 0 Å². The molecule has 0 radical (unpaired) electrons. The van der Waals surface area contributed by atoms with E-state index in [1.807, 2.05) is 4.90 Å². The highest BCUT2D eigenvalue weighted by Crippen LogP contribution is 2.12. The van der Waals surface area contributed by atoms with Crippen molar-refractivity contribution in [2.24, 2.45) is 0 Å². The van der Waals surface area contributed by atoms with Gasteiger partial charge in [0.25, 0.3) is 5.91 Å². The van der Waals surface area contributed by atoms with Crippen LogP contribution in [0.4, 0.5) is 0 Å². The van der Waals surface area contributed by atoms with Crippen LogP contribution in [0.5, 0.6) is 6.01 Å². The van der Waals surface area contributed by atoms with Crippen molar-refractivity contribution >= 4 is 5.91 Å². The predicted octanol–water partition coefficient (Wildman–Crippen LogP) is 1.43. The van der Waals surface area contributed by atoms with Gasteiger partial charge in [-0.3, -0.25) is 9.69 Å². The third kappa shape index (κ3) is 3.87. The summed E-state index contributed by atoms with van der Waals surface area (Å²) in [6, 6.07) is 2.08. The van der Waals surface area contributed by atoms with Crippen molar-refractivity contribution in [1.82, 2.24) is 19.8 Å². The zero-order valence-corrected chi connectivity index (χ0v) is 13.1. The second-order valence-electron chi connectivity index (χ2n) is 5.51. The number of hydrogen-bond donors (Lipinski definition) is 0. The van der Waals surface area contributed by atoms with Crippen molar-refractivity contribution in [2.75, 3.05) is 33.3 Å². The first kappa shape index (κ1) is 15.5. The molecule has 1 fully saturated rings. The van der Waals surface area contributed by atoms with Crippen molar-refractivity contribution < 1.29 is 13.9 Å². The lowest BCUT2D eigenvalue weighted by molar-refractivity contribution is 0.0760. The molecule has 7 nitrogen and oxygen atoms in total. The van der Waals surface area contributed by atoms with Gasteiger partial charge >= 0.3 is 6.01 Å². The van der Waals surface area contributed by atoms with Gasteiger partial charge in [0.2, 0.25) is 0 Å². The Balaban J connectivity index is 1.56. The molecule has 0 N–H and O–H groups in total. The minimum Gasteiger partial charge on any atom is -0.472 e. The highest BCUT2D eigenvalue weighted by atomic mass is 16.5. The lowest BCUT2D eigenvalue weighted by Crippen LogP contribution is -2.34. The number of carbonyl (C=O) groups excluding carboxylic acids is 1. The lowest BCUT2D eigenvalue weighted by atomic mass is 10.3. The van der Waals surface area contributed by atoms with Gasteiger partial charge in [0.05, 0.1) is 18.9 Å². The fourth-order valence-corrected chi connectivity index (χ4v) is 2.69. The first-order chi connectivity index (χ1) is 11.3. The third-order valence-corrected chi connectivity index (χ3v) is 3.91. The van der Waals surface area contributed by atoms with Crippen molar-refractivity contribution in [2.45, 2.75) is 13.0 Å². The van der Waals surface area contributed by atoms with E-state index in [0.717, 1.165) is 38.2 Å². The molecule has 0 aliphatic carbocycles. The average molecular weight is 316 g/mol. The molecular weight excluding hydrogens is 296 g/mol. The molecule has 1 saturated heterocycles. The van der Waals surface area contributed by atoms with Gasteiger partial charge in [-0.1, -0.05) is 0 Å². The molecule has 3 rings (SSSR count). The van der Waals surface area contributed by atoms with E-state index in [0.29, 0.717) is 18.1 Å². The summed E-state index contributed by atoms with van der Waals surface area (Å²) >= 11 is 0. The average Bonchev–Trinajstić information content (AvgIpc) is 3.02. The molecule has 0 saturated carbocycles. The van der Waals surface area contributed by atoms with Crippen LogP contribution in [0.3, 0.4) is 0 Å². The summed E-state index contributed by atoms with van der Waals surface area (Å²) in [6.07, 6.45) is 7.54. The number of hydrogen-bond acceptors (Lipinski definition) is 6. The number of nitrogens with zero attached hydrogens (tertiary/aromatic N) is 4. The van der Waals surface area contributed by atoms with Crippen LogP contribution in [0.2, 0.25) is 0 Å². The van der Waals surface area contributed by atoms with E-state index in [1.54, 1.807) is 25.6 Å². The van der Waals surface area contributed by atoms with E-state index in [9.17, 15) is 4.79 Å². The second kappa shape index (κ2) is 7.23. The Morgan fingerprint density at radius 2 is 2.09 bits per heavy atom. The summed E-state index contributed by atoms with van der Waals surface area (Å²) in [5, 5.41) is 0. The molecule has 7 heteroatoms. The Hall–Kier alpha value is -2.41. The van der Waals surface area contributed by atoms with Crippen molar-refractivity contribution in [3.05, 3.63) is 42.1 Å². The Bertz CT molecular complexity index is 627. The van der Waals surface area contributed by atoms with Gasteiger partial charge in [-0.25, -0.2) is 9.97 Å². The monoisotopic (exact) mass is 316 g/mol. The smallest absolute Gasteiger partial charge is 0.316 e. The van der Waals surface area contributed by atoms with Crippen LogP contribution in [0.15, 0.2) is 35.4 Å². The quantitative estimate of drug-likeness (QED) is 0.849. The van der Waals surface area contributed by atoms with Gasteiger partial charge in [-0.2, -0.15) is 0 Å². The lowest BCUT2D eigenvalue weighted by Gasteiger charge is -2.21. The number of furan rings is 1. The third-order valence-electron chi connectivity index (χ3n) is 3.91. The largest absolute Gasteiger partial charge is 0.472 e. The molecule has 1 amide bonds. The molecule has 0 spiro atoms. The van der Waals surface area contributed by atoms with Crippen molar-refractivity contribution in [1.29, 1.82) is 0 Å². The summed E-state index contributed by atoms with van der Waals surface area (Å²) in [5.41, 5.74) is 1.66. The van der Waals surface area contributed by atoms with Crippen LogP contribution >= 0.6 is 0 Å². The van der Waals surface area contributed by atoms with Crippen LogP contribution in [-0.2, 0) is 6.54 Å². The maximum atomic E-state index is 12.4. The number of rotatable bonds is 4. The van der Waals surface area contributed by atoms with Gasteiger partial charge in [-0.05, 0) is 12.5 Å². The molecule has 2 aromatic heterocycles. The van der Waals surface area contributed by atoms with Gasteiger partial charge in [0.1, 0.15) is 6.26 Å². The SMILES string of the molecule is COc1ncc(CN2CCCN(C(=O)c3ccoc3)CC2)cn1. The van der Waals surface area contributed by atoms with Crippen LogP contribution in [0, 0.1) is 0 Å². The predicted molar refractivity (Wildman–Crippen MR) is 83.1 cm³/mol. The molecule has 23 heavy (non-hydrogen) atoms. The Labute approximate surface area is 134 Å². The van der Waals surface area contributed by atoms with E-state index >= 15 is 0 Å². The molecular formula is C16H20N4O3. The number of carbonyl (C=O) groups is 1. The molecule has 0 bridgehead atoms. The molecule has 0 aromatic carbocycles. The normalized spacial score (nSPS) is 16.1. The van der Waals surface area contributed by atoms with Crippen LogP contribution in [-0.4, -0.2) is 59.0 Å². The summed E-state index contributed by atoms with van der Waals surface area (Å²) in [5.74, 6) is 0.0355. The zero-order chi connectivity index (χ0) is 16.1. The Morgan fingerprint density at radius 1 is 1.26 bits per heavy atom. The van der Waals surface area contributed by atoms with Gasteiger partial charge in [-0.15, -0.1) is 0 Å². The first-order valence-corrected chi connectivity index (χ1v) is 7.65. The molecule has 3 heterocycles. The van der Waals surface area contributed by atoms with E-state index in [-0.39, 0.29) is 5.91 Å². The fourth-order valence-electron chi connectivity index (χ4n) is 2.69. The Morgan fingerprint density at radius 3 is 2.78 bits per heavy atom. The van der Waals surface area contributed by atoms with Crippen LogP contribution in [0.25, 0.3) is 0 Å². The highest BCUT2D eigenvalue weighted by Gasteiger charge is 2.21. The topological polar surface area (TPSA) is 71.7 Å². The maximum Gasteiger partial charge on any atom is 0.316 e. The van der Waals surface area contributed by atoms with E-state index in [2.05, 4.69) is 14.9 Å². The molecule has 0 unspecified atom stereocenters. The van der Waals surface area contributed by atoms with Crippen LogP contribution < -0.4 is 4.74 Å². The number of methoxy groups -OCH3 is 1. The maximum absolute atomic E-state index is 12.4. The minimum atomic E-state index is 0.0355. The number of ether oxygens (including phenoxy) is 1. The molecule has 122 valence electrons. The molecule has 1 aliphatic heterocycles. The second-order valence-corrected chi connectivity index (χ2v) is 5.51. The van der Waals surface area contributed by atoms with Gasteiger partial charge < -0.3 is 14.1 Å². The summed E-state index contributed by atoms with van der Waals surface area (Å²) in [4.78, 5) is 24.8. The summed E-state index contributed by atoms with van der Waals surface area (Å²) in [7, 11) is 1.55. The highest BCUT2D eigenvalue weighted by molar-refractivity contribution is 5.93. The summed E-state index contributed by atoms with van der Waals surface area (Å²) in [6.45, 7) is 4.02. The fraction of sp³-hybridized carbons (Fsp3) is 0.438. The van der Waals surface area contributed by atoms with Crippen LogP contribution in [0.1, 0.15) is 22.3 Å². The number of aromatic nitrogens is 2. The number of amides is 1. The minimum absolute atomic E-state index is 0.0355. The molecule has 1 aliphatic rings. The van der Waals surface area contributed by atoms with E-state index < -0.39 is 0 Å². The van der Waals surface area contributed by atoms with E-state index in [4.69, 9.17) is 9.15 Å². The van der Waals surface area contributed by atoms with Crippen molar-refractivity contribution in [3.8, 4) is 6.01 Å². The summed E-state index contributed by atoms with van der Waals surface area (Å²) < 4.78 is 9.96.